The molecule has 1 aromatic rings. The van der Waals surface area contributed by atoms with Crippen molar-refractivity contribution in [1.29, 1.82) is 0 Å². The quantitative estimate of drug-likeness (QED) is 0.426. The van der Waals surface area contributed by atoms with Gasteiger partial charge in [-0.1, -0.05) is 0 Å². The second-order valence-corrected chi connectivity index (χ2v) is 6.85. The number of nitrogens with one attached hydrogen (secondary N) is 1. The Balaban J connectivity index is 1.70. The highest BCUT2D eigenvalue weighted by atomic mass is 35.5. The lowest BCUT2D eigenvalue weighted by molar-refractivity contribution is -0.129. The van der Waals surface area contributed by atoms with E-state index in [0.717, 1.165) is 53.2 Å². The van der Waals surface area contributed by atoms with Crippen LogP contribution in [0, 0.1) is 0 Å². The summed E-state index contributed by atoms with van der Waals surface area (Å²) in [5, 5.41) is 4.37. The van der Waals surface area contributed by atoms with Gasteiger partial charge in [0.05, 0.1) is 19.2 Å². The minimum absolute atomic E-state index is 0.00279. The van der Waals surface area contributed by atoms with E-state index in [9.17, 15) is 4.79 Å². The number of hydrogen-bond acceptors (Lipinski definition) is 4. The summed E-state index contributed by atoms with van der Waals surface area (Å²) < 4.78 is 8.39. The first-order valence-electron chi connectivity index (χ1n) is 9.18. The fraction of sp³-hybridized carbons (Fsp3) is 0.350. The maximum Gasteiger partial charge on any atom is 0.237 e. The number of anilines is 1. The summed E-state index contributed by atoms with van der Waals surface area (Å²) in [5.74, 6) is 0.799. The van der Waals surface area contributed by atoms with Crippen LogP contribution < -0.4 is 15.2 Å². The van der Waals surface area contributed by atoms with Gasteiger partial charge in [-0.3, -0.25) is 4.79 Å². The molecule has 0 atom stereocenters. The van der Waals surface area contributed by atoms with Crippen LogP contribution in [-0.2, 0) is 4.79 Å². The maximum absolute atomic E-state index is 11.7. The van der Waals surface area contributed by atoms with Gasteiger partial charge in [-0.15, -0.1) is 11.6 Å². The van der Waals surface area contributed by atoms with Gasteiger partial charge in [0.2, 0.25) is 11.3 Å². The van der Waals surface area contributed by atoms with Crippen LogP contribution in [0.3, 0.4) is 0 Å². The third-order valence-corrected chi connectivity index (χ3v) is 5.09. The Kier molecular flexibility index (Phi) is 4.99. The SMILES string of the molecule is CCNc1ccc2nc3ccc(=[N+]4CCN(C(=O)CCl)CC4)cc-3oc2c1. The van der Waals surface area contributed by atoms with Crippen molar-refractivity contribution in [3.05, 3.63) is 41.8 Å². The van der Waals surface area contributed by atoms with Gasteiger partial charge in [0.25, 0.3) is 0 Å². The molecule has 0 radical (unpaired) electrons. The summed E-state index contributed by atoms with van der Waals surface area (Å²) >= 11 is 5.65. The number of nitrogens with zero attached hydrogens (tertiary/aromatic N) is 3. The van der Waals surface area contributed by atoms with Crippen LogP contribution in [-0.4, -0.2) is 54.4 Å². The van der Waals surface area contributed by atoms with E-state index >= 15 is 0 Å². The van der Waals surface area contributed by atoms with Crippen molar-refractivity contribution in [3.63, 3.8) is 0 Å². The van der Waals surface area contributed by atoms with Crippen molar-refractivity contribution in [1.82, 2.24) is 14.5 Å². The molecule has 1 aliphatic carbocycles. The van der Waals surface area contributed by atoms with Crippen molar-refractivity contribution in [2.45, 2.75) is 6.92 Å². The van der Waals surface area contributed by atoms with Crippen LogP contribution >= 0.6 is 11.6 Å². The molecule has 2 aliphatic heterocycles. The molecule has 1 fully saturated rings. The highest BCUT2D eigenvalue weighted by molar-refractivity contribution is 6.27. The van der Waals surface area contributed by atoms with Gasteiger partial charge in [0, 0.05) is 24.4 Å². The minimum atomic E-state index is -0.00279. The Labute approximate surface area is 162 Å². The number of fused-ring (bicyclic) bond motifs is 2. The number of carbonyl (C=O) groups is 1. The second-order valence-electron chi connectivity index (χ2n) is 6.58. The lowest BCUT2D eigenvalue weighted by Gasteiger charge is -2.24. The zero-order valence-electron chi connectivity index (χ0n) is 15.2. The van der Waals surface area contributed by atoms with Gasteiger partial charge in [-0.25, -0.2) is 9.56 Å². The fourth-order valence-corrected chi connectivity index (χ4v) is 3.59. The van der Waals surface area contributed by atoms with Crippen LogP contribution in [0.25, 0.3) is 22.6 Å². The number of alkyl halides is 1. The molecule has 0 aromatic heterocycles. The average Bonchev–Trinajstić information content (AvgIpc) is 2.71. The van der Waals surface area contributed by atoms with Crippen molar-refractivity contribution in [2.75, 3.05) is 43.9 Å². The lowest BCUT2D eigenvalue weighted by atomic mass is 10.2. The Morgan fingerprint density at radius 1 is 1.26 bits per heavy atom. The van der Waals surface area contributed by atoms with E-state index in [1.807, 2.05) is 35.2 Å². The van der Waals surface area contributed by atoms with Crippen molar-refractivity contribution < 1.29 is 9.21 Å². The van der Waals surface area contributed by atoms with Gasteiger partial charge in [-0.05, 0) is 25.1 Å². The molecule has 3 aliphatic rings. The van der Waals surface area contributed by atoms with Gasteiger partial charge in [0.1, 0.15) is 17.1 Å². The first-order valence-corrected chi connectivity index (χ1v) is 9.71. The Morgan fingerprint density at radius 2 is 2.07 bits per heavy atom. The molecule has 140 valence electrons. The zero-order chi connectivity index (χ0) is 18.8. The normalized spacial score (nSPS) is 14.7. The molecule has 6 nitrogen and oxygen atoms in total. The molecule has 1 aromatic carbocycles. The van der Waals surface area contributed by atoms with Crippen LogP contribution in [0.1, 0.15) is 6.92 Å². The summed E-state index contributed by atoms with van der Waals surface area (Å²) in [7, 11) is 0. The molecule has 27 heavy (non-hydrogen) atoms. The van der Waals surface area contributed by atoms with Crippen LogP contribution in [0.15, 0.2) is 40.8 Å². The van der Waals surface area contributed by atoms with Crippen molar-refractivity contribution in [2.24, 2.45) is 0 Å². The van der Waals surface area contributed by atoms with E-state index in [2.05, 4.69) is 22.9 Å². The van der Waals surface area contributed by atoms with Crippen molar-refractivity contribution in [3.8, 4) is 11.5 Å². The zero-order valence-corrected chi connectivity index (χ0v) is 16.0. The maximum atomic E-state index is 11.7. The van der Waals surface area contributed by atoms with Crippen LogP contribution in [0.2, 0.25) is 0 Å². The Bertz CT molecular complexity index is 1020. The number of amides is 1. The van der Waals surface area contributed by atoms with E-state index in [0.29, 0.717) is 13.1 Å². The first kappa shape index (κ1) is 17.8. The van der Waals surface area contributed by atoms with E-state index in [1.165, 1.54) is 0 Å². The van der Waals surface area contributed by atoms with Gasteiger partial charge >= 0.3 is 0 Å². The molecule has 0 bridgehead atoms. The predicted octanol–water partition coefficient (Wildman–Crippen LogP) is 2.22. The standard InChI is InChI=1S/C20H21ClN4O2/c1-2-22-14-3-5-16-18(11-14)27-19-12-15(4-6-17(19)23-16)24-7-9-25(10-8-24)20(26)13-21/h3-6,11-12H,2,7-10,13H2,1H3/p+1. The molecule has 1 N–H and O–H groups in total. The molecule has 1 amide bonds. The van der Waals surface area contributed by atoms with E-state index < -0.39 is 0 Å². The number of rotatable bonds is 3. The summed E-state index contributed by atoms with van der Waals surface area (Å²) in [5.41, 5.74) is 3.45. The first-order chi connectivity index (χ1) is 13.2. The second kappa shape index (κ2) is 7.56. The molecule has 0 spiro atoms. The molecule has 4 rings (SSSR count). The molecule has 2 heterocycles. The summed E-state index contributed by atoms with van der Waals surface area (Å²) in [6.07, 6.45) is 0. The number of hydrogen-bond donors (Lipinski definition) is 1. The molecular formula is C20H22ClN4O2+. The highest BCUT2D eigenvalue weighted by Gasteiger charge is 2.23. The number of carbonyl (C=O) groups excluding carboxylic acids is 1. The number of piperazine rings is 1. The Hall–Kier alpha value is -2.60. The molecule has 0 unspecified atom stereocenters. The smallest absolute Gasteiger partial charge is 0.237 e. The third-order valence-electron chi connectivity index (χ3n) is 4.86. The van der Waals surface area contributed by atoms with Crippen LogP contribution in [0.4, 0.5) is 5.69 Å². The molecule has 1 saturated heterocycles. The molecule has 7 heteroatoms. The van der Waals surface area contributed by atoms with E-state index in [1.54, 1.807) is 0 Å². The third kappa shape index (κ3) is 3.62. The van der Waals surface area contributed by atoms with Gasteiger partial charge < -0.3 is 14.6 Å². The number of aromatic nitrogens is 1. The highest BCUT2D eigenvalue weighted by Crippen LogP contribution is 2.25. The van der Waals surface area contributed by atoms with E-state index in [4.69, 9.17) is 21.0 Å². The summed E-state index contributed by atoms with van der Waals surface area (Å²) in [4.78, 5) is 18.2. The number of benzene rings is 2. The monoisotopic (exact) mass is 385 g/mol. The fourth-order valence-electron chi connectivity index (χ4n) is 3.42. The predicted molar refractivity (Wildman–Crippen MR) is 107 cm³/mol. The molecular weight excluding hydrogens is 364 g/mol. The van der Waals surface area contributed by atoms with Gasteiger partial charge in [0.15, 0.2) is 24.4 Å². The molecule has 0 saturated carbocycles. The average molecular weight is 386 g/mol. The van der Waals surface area contributed by atoms with Gasteiger partial charge in [-0.2, -0.15) is 0 Å². The lowest BCUT2D eigenvalue weighted by Crippen LogP contribution is -2.50. The number of halogens is 1. The summed E-state index contributed by atoms with van der Waals surface area (Å²) in [6.45, 7) is 5.84. The summed E-state index contributed by atoms with van der Waals surface area (Å²) in [6, 6.07) is 12.0. The topological polar surface area (TPSA) is 61.4 Å². The largest absolute Gasteiger partial charge is 0.452 e. The van der Waals surface area contributed by atoms with Crippen LogP contribution in [0.5, 0.6) is 0 Å². The van der Waals surface area contributed by atoms with Crippen molar-refractivity contribution >= 4 is 34.3 Å². The Morgan fingerprint density at radius 3 is 2.81 bits per heavy atom. The van der Waals surface area contributed by atoms with E-state index in [-0.39, 0.29) is 11.8 Å². The minimum Gasteiger partial charge on any atom is -0.452 e.